The molecule has 4 aromatic rings. The second kappa shape index (κ2) is 13.3. The summed E-state index contributed by atoms with van der Waals surface area (Å²) < 4.78 is 25.0. The van der Waals surface area contributed by atoms with Gasteiger partial charge >= 0.3 is 5.97 Å². The summed E-state index contributed by atoms with van der Waals surface area (Å²) in [6.07, 6.45) is 1.77. The van der Waals surface area contributed by atoms with E-state index in [1.807, 2.05) is 62.4 Å². The van der Waals surface area contributed by atoms with Crippen LogP contribution in [0.5, 0.6) is 17.2 Å². The Morgan fingerprint density at radius 2 is 1.82 bits per heavy atom. The molecular weight excluding hydrogens is 576 g/mol. The molecule has 2 heterocycles. The Hall–Kier alpha value is -4.63. The zero-order chi connectivity index (χ0) is 31.4. The summed E-state index contributed by atoms with van der Waals surface area (Å²) in [6.45, 7) is 10.1. The quantitative estimate of drug-likeness (QED) is 0.221. The molecule has 44 heavy (non-hydrogen) atoms. The molecule has 0 spiro atoms. The number of methoxy groups -OCH3 is 1. The van der Waals surface area contributed by atoms with Crippen LogP contribution in [0.25, 0.3) is 6.08 Å². The number of rotatable bonds is 10. The van der Waals surface area contributed by atoms with E-state index in [1.54, 1.807) is 37.7 Å². The lowest BCUT2D eigenvalue weighted by atomic mass is 9.95. The molecule has 3 aromatic carbocycles. The maximum Gasteiger partial charge on any atom is 0.338 e. The molecule has 0 N–H and O–H groups in total. The van der Waals surface area contributed by atoms with Crippen molar-refractivity contribution in [2.75, 3.05) is 13.7 Å². The van der Waals surface area contributed by atoms with Crippen molar-refractivity contribution in [2.24, 2.45) is 4.99 Å². The van der Waals surface area contributed by atoms with Gasteiger partial charge in [-0.2, -0.15) is 0 Å². The fraction of sp³-hybridized carbons (Fsp3) is 0.286. The van der Waals surface area contributed by atoms with Gasteiger partial charge in [0.25, 0.3) is 5.56 Å². The van der Waals surface area contributed by atoms with E-state index >= 15 is 0 Å². The molecule has 0 aliphatic carbocycles. The predicted octanol–water partition coefficient (Wildman–Crippen LogP) is 5.48. The Morgan fingerprint density at radius 1 is 1.05 bits per heavy atom. The summed E-state index contributed by atoms with van der Waals surface area (Å²) in [4.78, 5) is 32.4. The van der Waals surface area contributed by atoms with Crippen LogP contribution in [-0.2, 0) is 16.1 Å². The predicted molar refractivity (Wildman–Crippen MR) is 171 cm³/mol. The number of allylic oxidation sites excluding steroid dienone is 1. The first-order valence-corrected chi connectivity index (χ1v) is 15.3. The van der Waals surface area contributed by atoms with Crippen LogP contribution in [0.2, 0.25) is 0 Å². The van der Waals surface area contributed by atoms with Crippen molar-refractivity contribution in [2.45, 2.75) is 53.4 Å². The molecule has 1 aliphatic heterocycles. The molecular formula is C35H36N2O6S. The number of aryl methyl sites for hydroxylation is 1. The Bertz CT molecular complexity index is 1890. The van der Waals surface area contributed by atoms with E-state index < -0.39 is 12.0 Å². The minimum atomic E-state index is -0.758. The van der Waals surface area contributed by atoms with Crippen LogP contribution in [0.3, 0.4) is 0 Å². The van der Waals surface area contributed by atoms with Crippen LogP contribution in [0.4, 0.5) is 0 Å². The van der Waals surface area contributed by atoms with Crippen LogP contribution in [0.1, 0.15) is 56.0 Å². The van der Waals surface area contributed by atoms with Crippen LogP contribution >= 0.6 is 11.3 Å². The number of nitrogens with zero attached hydrogens (tertiary/aromatic N) is 2. The molecule has 8 nitrogen and oxygen atoms in total. The monoisotopic (exact) mass is 612 g/mol. The fourth-order valence-corrected chi connectivity index (χ4v) is 6.14. The van der Waals surface area contributed by atoms with Crippen LogP contribution < -0.4 is 29.1 Å². The van der Waals surface area contributed by atoms with Crippen molar-refractivity contribution in [1.82, 2.24) is 4.57 Å². The topological polar surface area (TPSA) is 88.4 Å². The number of esters is 1. The van der Waals surface area contributed by atoms with E-state index in [4.69, 9.17) is 18.9 Å². The Labute approximate surface area is 260 Å². The number of ether oxygens (including phenoxy) is 4. The van der Waals surface area contributed by atoms with Crippen molar-refractivity contribution in [3.05, 3.63) is 120 Å². The normalized spacial score (nSPS) is 14.7. The second-order valence-corrected chi connectivity index (χ2v) is 11.7. The van der Waals surface area contributed by atoms with Gasteiger partial charge in [0, 0.05) is 0 Å². The molecule has 1 atom stereocenters. The minimum Gasteiger partial charge on any atom is -0.493 e. The number of aromatic nitrogens is 1. The second-order valence-electron chi connectivity index (χ2n) is 10.7. The van der Waals surface area contributed by atoms with Gasteiger partial charge < -0.3 is 18.9 Å². The molecule has 0 radical (unpaired) electrons. The third-order valence-corrected chi connectivity index (χ3v) is 8.03. The van der Waals surface area contributed by atoms with E-state index in [9.17, 15) is 9.59 Å². The smallest absolute Gasteiger partial charge is 0.338 e. The fourth-order valence-electron chi connectivity index (χ4n) is 5.09. The number of hydrogen-bond donors (Lipinski definition) is 0. The summed E-state index contributed by atoms with van der Waals surface area (Å²) in [5.74, 6) is 1.29. The van der Waals surface area contributed by atoms with Gasteiger partial charge in [-0.3, -0.25) is 9.36 Å². The van der Waals surface area contributed by atoms with Gasteiger partial charge in [-0.05, 0) is 81.7 Å². The van der Waals surface area contributed by atoms with Crippen molar-refractivity contribution in [3.63, 3.8) is 0 Å². The Morgan fingerprint density at radius 3 is 2.50 bits per heavy atom. The summed E-state index contributed by atoms with van der Waals surface area (Å²) in [5, 5.41) is 0. The van der Waals surface area contributed by atoms with Crippen molar-refractivity contribution < 1.29 is 23.7 Å². The van der Waals surface area contributed by atoms with Gasteiger partial charge in [-0.25, -0.2) is 9.79 Å². The third kappa shape index (κ3) is 6.63. The zero-order valence-electron chi connectivity index (χ0n) is 25.7. The molecule has 0 saturated carbocycles. The molecule has 228 valence electrons. The lowest BCUT2D eigenvalue weighted by Gasteiger charge is -2.25. The first kappa shape index (κ1) is 30.8. The van der Waals surface area contributed by atoms with Gasteiger partial charge in [-0.15, -0.1) is 0 Å². The maximum atomic E-state index is 14.0. The van der Waals surface area contributed by atoms with E-state index in [1.165, 1.54) is 16.9 Å². The number of thiazole rings is 1. The number of fused-ring (bicyclic) bond motifs is 1. The van der Waals surface area contributed by atoms with Crippen molar-refractivity contribution >= 4 is 23.4 Å². The molecule has 9 heteroatoms. The Kier molecular flexibility index (Phi) is 9.35. The summed E-state index contributed by atoms with van der Waals surface area (Å²) in [7, 11) is 1.56. The molecule has 0 fully saturated rings. The van der Waals surface area contributed by atoms with Crippen molar-refractivity contribution in [3.8, 4) is 17.2 Å². The largest absolute Gasteiger partial charge is 0.493 e. The molecule has 1 unspecified atom stereocenters. The summed E-state index contributed by atoms with van der Waals surface area (Å²) >= 11 is 1.28. The molecule has 5 rings (SSSR count). The number of carbonyl (C=O) groups is 1. The zero-order valence-corrected chi connectivity index (χ0v) is 26.6. The lowest BCUT2D eigenvalue weighted by Crippen LogP contribution is -2.40. The highest BCUT2D eigenvalue weighted by molar-refractivity contribution is 7.07. The molecule has 0 bridgehead atoms. The van der Waals surface area contributed by atoms with Gasteiger partial charge in [-0.1, -0.05) is 59.4 Å². The highest BCUT2D eigenvalue weighted by Gasteiger charge is 2.34. The van der Waals surface area contributed by atoms with Gasteiger partial charge in [0.1, 0.15) is 12.4 Å². The average molecular weight is 613 g/mol. The van der Waals surface area contributed by atoms with Gasteiger partial charge in [0.2, 0.25) is 0 Å². The SMILES string of the molecule is CCOC(=O)C1=C(C)N=c2sc(=Cc3ccc(OCc4cccc(C)c4)cc3)c(=O)n2C1c1ccc(OC(C)C)c(OC)c1. The highest BCUT2D eigenvalue weighted by atomic mass is 32.1. The molecule has 1 aromatic heterocycles. The summed E-state index contributed by atoms with van der Waals surface area (Å²) in [6, 6.07) is 20.5. The summed E-state index contributed by atoms with van der Waals surface area (Å²) in [5.41, 5.74) is 4.35. The number of hydrogen-bond acceptors (Lipinski definition) is 8. The first-order valence-electron chi connectivity index (χ1n) is 14.5. The molecule has 1 aliphatic rings. The number of carbonyl (C=O) groups excluding carboxylic acids is 1. The van der Waals surface area contributed by atoms with Crippen LogP contribution in [0, 0.1) is 6.92 Å². The first-order chi connectivity index (χ1) is 21.2. The van der Waals surface area contributed by atoms with Crippen molar-refractivity contribution in [1.29, 1.82) is 0 Å². The third-order valence-electron chi connectivity index (χ3n) is 7.05. The minimum absolute atomic E-state index is 0.0570. The molecule has 0 saturated heterocycles. The highest BCUT2D eigenvalue weighted by Crippen LogP contribution is 2.36. The van der Waals surface area contributed by atoms with E-state index in [-0.39, 0.29) is 18.3 Å². The number of benzene rings is 3. The van der Waals surface area contributed by atoms with Crippen LogP contribution in [-0.4, -0.2) is 30.4 Å². The Balaban J connectivity index is 1.52. The maximum absolute atomic E-state index is 14.0. The van der Waals surface area contributed by atoms with Gasteiger partial charge in [0.05, 0.1) is 41.7 Å². The van der Waals surface area contributed by atoms with E-state index in [0.717, 1.165) is 16.9 Å². The van der Waals surface area contributed by atoms with E-state index in [0.29, 0.717) is 44.3 Å². The standard InChI is InChI=1S/C35H36N2O6S/c1-7-41-34(39)31-23(5)36-35-37(32(31)26-13-16-28(43-21(2)3)29(19-26)40-6)33(38)30(44-35)18-24-11-14-27(15-12-24)42-20-25-10-8-9-22(4)17-25/h8-19,21,32H,7,20H2,1-6H3. The van der Waals surface area contributed by atoms with Crippen LogP contribution in [0.15, 0.2) is 87.8 Å². The van der Waals surface area contributed by atoms with Gasteiger partial charge in [0.15, 0.2) is 16.3 Å². The van der Waals surface area contributed by atoms with E-state index in [2.05, 4.69) is 24.0 Å². The molecule has 0 amide bonds. The lowest BCUT2D eigenvalue weighted by molar-refractivity contribution is -0.139. The average Bonchev–Trinajstić information content (AvgIpc) is 3.30.